The van der Waals surface area contributed by atoms with Gasteiger partial charge in [-0.25, -0.2) is 44.3 Å². The van der Waals surface area contributed by atoms with Gasteiger partial charge in [-0.15, -0.1) is 56.7 Å². The smallest absolute Gasteiger partial charge is 0.431 e. The average Bonchev–Trinajstić information content (AvgIpc) is 1.61. The standard InChI is InChI=1S/C70H77N17O19S5/c1-30(56(71)90)73-57(91)39-27-110-65(78-39)50-44(89)20-35-49(80-50)38-25-108-63(75-38)37-24-103-67(96)52-36-23-101-53(51(66-79-40(28-111-66)58(92)74-37)83-60(94)42-29-109-64(77-42)48(32(3)100-9)82-61(95)47(31(2)88)81-59(93)41-26-107-62(35)76-41)54(105-45-21-70(5,99)55(84(6)7)33(4)104-45)68(97)102-22-34-12-10-13-43(46(34)36)87(52)106-69(98)72-14-11-15-86-18-16-85(8)17-19-86/h10,12-13,20,25-29,31,33,37,45,47,51,53-55,88-89,99H,1,11,14-19,21-24H2,2-9H3,(H2,71,90)(H,72,98)(H,73,91)(H,74,92)(H,81,93)(H,82,95)(H,83,94)/b48-32+. The predicted molar refractivity (Wildman–Crippen MR) is 401 cm³/mol. The molecule has 7 amide bonds. The van der Waals surface area contributed by atoms with Gasteiger partial charge in [0, 0.05) is 82.6 Å². The summed E-state index contributed by atoms with van der Waals surface area (Å²) in [6.07, 6.45) is -8.22. The van der Waals surface area contributed by atoms with Crippen molar-refractivity contribution >= 4 is 127 Å². The Hall–Kier alpha value is -10.1. The molecule has 2 fully saturated rings. The van der Waals surface area contributed by atoms with Crippen LogP contribution in [0, 0.1) is 0 Å². The van der Waals surface area contributed by atoms with Crippen molar-refractivity contribution < 1.29 is 91.7 Å². The van der Waals surface area contributed by atoms with Gasteiger partial charge in [0.1, 0.15) is 120 Å². The van der Waals surface area contributed by atoms with Gasteiger partial charge in [0.05, 0.1) is 48.8 Å². The number of carbonyl (C=O) groups excluding carboxylic acids is 9. The van der Waals surface area contributed by atoms with Crippen LogP contribution in [-0.2, 0) is 56.0 Å². The maximum absolute atomic E-state index is 15.8. The predicted octanol–water partition coefficient (Wildman–Crippen LogP) is 3.43. The van der Waals surface area contributed by atoms with Crippen molar-refractivity contribution in [2.45, 2.75) is 114 Å². The van der Waals surface area contributed by atoms with Gasteiger partial charge >= 0.3 is 18.0 Å². The van der Waals surface area contributed by atoms with E-state index in [1.807, 2.05) is 7.05 Å². The molecular weight excluding hydrogens is 1540 g/mol. The first-order valence-corrected chi connectivity index (χ1v) is 39.1. The fraction of sp³-hybridized carbons (Fsp3) is 0.414. The largest absolute Gasteiger partial charge is 0.506 e. The van der Waals surface area contributed by atoms with Crippen molar-refractivity contribution in [3.63, 3.8) is 0 Å². The highest BCUT2D eigenvalue weighted by atomic mass is 32.1. The van der Waals surface area contributed by atoms with Gasteiger partial charge in [0.2, 0.25) is 5.91 Å². The minimum atomic E-state index is -1.97. The topological polar surface area (TPSA) is 469 Å². The Morgan fingerprint density at radius 2 is 1.52 bits per heavy atom. The lowest BCUT2D eigenvalue weighted by Gasteiger charge is -2.48. The van der Waals surface area contributed by atoms with Gasteiger partial charge in [-0.05, 0) is 79.5 Å². The number of methoxy groups -OCH3 is 1. The molecule has 0 aliphatic carbocycles. The van der Waals surface area contributed by atoms with Crippen molar-refractivity contribution in [1.29, 1.82) is 0 Å². The normalized spacial score (nSPS) is 23.7. The van der Waals surface area contributed by atoms with E-state index < -0.39 is 151 Å². The van der Waals surface area contributed by atoms with Crippen LogP contribution < -0.4 is 42.5 Å². The molecule has 0 radical (unpaired) electrons. The number of rotatable bonds is 14. The van der Waals surface area contributed by atoms with Crippen LogP contribution in [0.2, 0.25) is 0 Å². The number of fused-ring (bicyclic) bond motifs is 15. The number of hydrogen-bond acceptors (Lipinski definition) is 33. The summed E-state index contributed by atoms with van der Waals surface area (Å²) in [4.78, 5) is 171. The highest BCUT2D eigenvalue weighted by Crippen LogP contribution is 2.43. The zero-order valence-corrected chi connectivity index (χ0v) is 64.9. The van der Waals surface area contributed by atoms with Gasteiger partial charge in [0.25, 0.3) is 29.5 Å². The third-order valence-corrected chi connectivity index (χ3v) is 23.5. The Labute approximate surface area is 652 Å². The van der Waals surface area contributed by atoms with E-state index in [1.54, 1.807) is 51.0 Å². The third-order valence-electron chi connectivity index (χ3n) is 19.0. The summed E-state index contributed by atoms with van der Waals surface area (Å²) in [6.45, 7) is 11.8. The molecule has 1 aromatic carbocycles. The molecule has 0 saturated carbocycles. The number of likely N-dealkylation sites (N-methyl/N-ethyl adjacent to an activating group) is 2. The van der Waals surface area contributed by atoms with Crippen LogP contribution in [0.3, 0.4) is 0 Å². The number of nitrogens with one attached hydrogen (secondary N) is 6. The molecule has 41 heteroatoms. The van der Waals surface area contributed by atoms with E-state index in [1.165, 1.54) is 53.9 Å². The monoisotopic (exact) mass is 1620 g/mol. The van der Waals surface area contributed by atoms with Crippen molar-refractivity contribution in [3.8, 4) is 38.4 Å². The van der Waals surface area contributed by atoms with E-state index in [4.69, 9.17) is 53.9 Å². The molecule has 586 valence electrons. The second kappa shape index (κ2) is 33.0. The molecule has 11 N–H and O–H groups in total. The zero-order valence-electron chi connectivity index (χ0n) is 60.8. The van der Waals surface area contributed by atoms with E-state index >= 15 is 19.2 Å². The van der Waals surface area contributed by atoms with Gasteiger partial charge in [-0.3, -0.25) is 28.8 Å². The lowest BCUT2D eigenvalue weighted by Crippen LogP contribution is -2.62. The van der Waals surface area contributed by atoms with Crippen molar-refractivity contribution in [2.24, 2.45) is 5.73 Å². The molecule has 36 nitrogen and oxygen atoms in total. The Bertz CT molecular complexity index is 5020. The number of aromatic hydroxyl groups is 1. The molecule has 12 heterocycles. The van der Waals surface area contributed by atoms with Gasteiger partial charge < -0.3 is 101 Å². The molecule has 7 aromatic heterocycles. The molecule has 5 aliphatic rings. The lowest BCUT2D eigenvalue weighted by atomic mass is 9.85. The fourth-order valence-corrected chi connectivity index (χ4v) is 17.7. The molecule has 12 bridgehead atoms. The average molecular weight is 1620 g/mol. The van der Waals surface area contributed by atoms with E-state index in [0.717, 1.165) is 87.6 Å². The number of allylic oxidation sites excluding steroid dienone is 1. The lowest BCUT2D eigenvalue weighted by molar-refractivity contribution is -0.280. The summed E-state index contributed by atoms with van der Waals surface area (Å²) in [5.41, 5.74) is 1.93. The number of esters is 2. The van der Waals surface area contributed by atoms with Crippen LogP contribution in [0.5, 0.6) is 5.75 Å². The summed E-state index contributed by atoms with van der Waals surface area (Å²) in [5.74, 6) is -8.40. The number of carbonyl (C=O) groups is 9. The summed E-state index contributed by atoms with van der Waals surface area (Å²) in [6, 6.07) is 0.588. The minimum absolute atomic E-state index is 0.000229. The number of nitrogens with two attached hydrogens (primary N) is 1. The molecule has 10 atom stereocenters. The highest BCUT2D eigenvalue weighted by molar-refractivity contribution is 7.14. The third kappa shape index (κ3) is 16.9. The molecule has 111 heavy (non-hydrogen) atoms. The van der Waals surface area contributed by atoms with Crippen molar-refractivity contribution in [1.82, 2.24) is 81.2 Å². The maximum atomic E-state index is 15.8. The van der Waals surface area contributed by atoms with Crippen molar-refractivity contribution in [2.75, 3.05) is 74.1 Å². The molecule has 10 unspecified atom stereocenters. The quantitative estimate of drug-likeness (QED) is 0.0323. The second-order valence-electron chi connectivity index (χ2n) is 27.1. The molecule has 0 spiro atoms. The van der Waals surface area contributed by atoms with Crippen LogP contribution in [0.4, 0.5) is 4.79 Å². The number of pyridine rings is 1. The number of ether oxygens (including phenoxy) is 6. The molecule has 2 saturated heterocycles. The first kappa shape index (κ1) is 79.0. The number of thiazole rings is 5. The number of primary amides is 1. The number of benzene rings is 1. The van der Waals surface area contributed by atoms with E-state index in [2.05, 4.69) is 63.2 Å². The number of aliphatic hydroxyl groups is 2. The fourth-order valence-electron chi connectivity index (χ4n) is 13.5. The summed E-state index contributed by atoms with van der Waals surface area (Å²) < 4.78 is 39.4. The summed E-state index contributed by atoms with van der Waals surface area (Å²) >= 11 is 4.43. The number of aliphatic hydroxyl groups excluding tert-OH is 1. The number of cyclic esters (lactones) is 2. The minimum Gasteiger partial charge on any atom is -0.506 e. The summed E-state index contributed by atoms with van der Waals surface area (Å²) in [7, 11) is 6.89. The van der Waals surface area contributed by atoms with Crippen LogP contribution in [0.1, 0.15) is 131 Å². The van der Waals surface area contributed by atoms with Crippen LogP contribution in [0.25, 0.3) is 49.3 Å². The first-order valence-electron chi connectivity index (χ1n) is 34.7. The van der Waals surface area contributed by atoms with Gasteiger partial charge in [-0.2, -0.15) is 4.73 Å². The Morgan fingerprint density at radius 3 is 2.24 bits per heavy atom. The van der Waals surface area contributed by atoms with Gasteiger partial charge in [-0.1, -0.05) is 18.7 Å². The zero-order chi connectivity index (χ0) is 79.0. The molecule has 13 rings (SSSR count). The Kier molecular flexibility index (Phi) is 23.5. The van der Waals surface area contributed by atoms with Crippen LogP contribution in [0.15, 0.2) is 69.2 Å². The number of amides is 7. The maximum Gasteiger partial charge on any atom is 0.431 e. The molecule has 8 aromatic rings. The van der Waals surface area contributed by atoms with E-state index in [0.29, 0.717) is 13.0 Å². The second-order valence-corrected chi connectivity index (χ2v) is 31.5. The number of piperazine rings is 1. The van der Waals surface area contributed by atoms with E-state index in [-0.39, 0.29) is 117 Å². The van der Waals surface area contributed by atoms with Gasteiger partial charge in [0.15, 0.2) is 18.1 Å². The van der Waals surface area contributed by atoms with Crippen molar-refractivity contribution in [3.05, 3.63) is 124 Å². The molecular formula is C70H77N17O19S5. The number of nitrogens with zero attached hydrogens (tertiary/aromatic N) is 10. The van der Waals surface area contributed by atoms with Crippen LogP contribution in [-0.4, -0.2) is 241 Å². The molecule has 5 aliphatic heterocycles. The first-order chi connectivity index (χ1) is 53.0. The SMILES string of the molecule is C=C(NC(=O)c1csc(-c2nc3c(cc2O)-c2nc(cs2)C(=O)NC(C(C)O)C(=O)N/C(=C(\C)OC)c2nc(cs2)C(=O)NC2c4nc(cs4)C(=O)NC(COC(=O)c4c5c6c(cccc6n4OC(=O)NCCCN4CCN(C)CC4)COC(=O)C(OC4CC(C)(O)C(N(C)C)C(C)O4)C2OC5)c2nc-3cs2)n1)C(N)=O. The Balaban J connectivity index is 0.988. The number of aromatic nitrogens is 7. The Morgan fingerprint density at radius 1 is 0.847 bits per heavy atom. The van der Waals surface area contributed by atoms with E-state index in [9.17, 15) is 39.3 Å². The highest BCUT2D eigenvalue weighted by Gasteiger charge is 2.50. The van der Waals surface area contributed by atoms with Crippen LogP contribution >= 0.6 is 56.7 Å². The summed E-state index contributed by atoms with van der Waals surface area (Å²) in [5, 5.41) is 58.5. The number of hydrogen-bond donors (Lipinski definition) is 10.